The highest BCUT2D eigenvalue weighted by Crippen LogP contribution is 2.33. The van der Waals surface area contributed by atoms with Crippen LogP contribution in [0.5, 0.6) is 0 Å². The van der Waals surface area contributed by atoms with Gasteiger partial charge in [-0.25, -0.2) is 9.50 Å². The van der Waals surface area contributed by atoms with E-state index in [1.54, 1.807) is 18.3 Å². The number of anilines is 1. The Morgan fingerprint density at radius 1 is 1.28 bits per heavy atom. The molecule has 0 fully saturated rings. The number of fused-ring (bicyclic) bond motifs is 1. The Hall–Kier alpha value is -2.61. The van der Waals surface area contributed by atoms with Crippen LogP contribution in [-0.4, -0.2) is 32.4 Å². The maximum Gasteiger partial charge on any atom is 0.416 e. The monoisotopic (exact) mass is 350 g/mol. The van der Waals surface area contributed by atoms with Crippen molar-refractivity contribution < 1.29 is 18.3 Å². The Morgan fingerprint density at radius 2 is 2.08 bits per heavy atom. The van der Waals surface area contributed by atoms with E-state index in [9.17, 15) is 18.3 Å². The lowest BCUT2D eigenvalue weighted by Gasteiger charge is -2.14. The molecule has 3 rings (SSSR count). The molecule has 5 nitrogen and oxygen atoms in total. The summed E-state index contributed by atoms with van der Waals surface area (Å²) in [4.78, 5) is 4.44. The van der Waals surface area contributed by atoms with Gasteiger partial charge in [-0.2, -0.15) is 18.3 Å². The summed E-state index contributed by atoms with van der Waals surface area (Å²) >= 11 is 0. The zero-order valence-corrected chi connectivity index (χ0v) is 13.5. The average Bonchev–Trinajstić information content (AvgIpc) is 3.02. The number of hydrogen-bond acceptors (Lipinski definition) is 4. The summed E-state index contributed by atoms with van der Waals surface area (Å²) in [5, 5.41) is 16.5. The molecule has 1 unspecified atom stereocenters. The fraction of sp³-hybridized carbons (Fsp3) is 0.294. The molecule has 8 heteroatoms. The minimum absolute atomic E-state index is 0.0386. The topological polar surface area (TPSA) is 62.5 Å². The lowest BCUT2D eigenvalue weighted by Crippen LogP contribution is -2.23. The lowest BCUT2D eigenvalue weighted by atomic mass is 10.1. The van der Waals surface area contributed by atoms with Gasteiger partial charge in [-0.15, -0.1) is 0 Å². The molecular formula is C17H17F3N4O. The van der Waals surface area contributed by atoms with Gasteiger partial charge in [-0.3, -0.25) is 0 Å². The van der Waals surface area contributed by atoms with E-state index >= 15 is 0 Å². The first-order chi connectivity index (χ1) is 11.9. The fourth-order valence-corrected chi connectivity index (χ4v) is 2.50. The van der Waals surface area contributed by atoms with Gasteiger partial charge < -0.3 is 10.4 Å². The Morgan fingerprint density at radius 3 is 2.76 bits per heavy atom. The Balaban J connectivity index is 2.02. The molecule has 0 radical (unpaired) electrons. The highest BCUT2D eigenvalue weighted by Gasteiger charge is 2.30. The summed E-state index contributed by atoms with van der Waals surface area (Å²) in [5.41, 5.74) is 0.623. The third-order valence-corrected chi connectivity index (χ3v) is 3.94. The zero-order valence-electron chi connectivity index (χ0n) is 13.5. The van der Waals surface area contributed by atoms with Crippen molar-refractivity contribution in [1.29, 1.82) is 0 Å². The van der Waals surface area contributed by atoms with Crippen molar-refractivity contribution in [2.45, 2.75) is 25.6 Å². The molecule has 25 heavy (non-hydrogen) atoms. The molecule has 1 aromatic carbocycles. The second-order valence-electron chi connectivity index (χ2n) is 5.65. The summed E-state index contributed by atoms with van der Waals surface area (Å²) in [6, 6.07) is 6.63. The minimum Gasteiger partial charge on any atom is -0.394 e. The van der Waals surface area contributed by atoms with Crippen LogP contribution >= 0.6 is 0 Å². The number of halogens is 3. The molecule has 0 spiro atoms. The number of aromatic nitrogens is 3. The van der Waals surface area contributed by atoms with Crippen molar-refractivity contribution >= 4 is 11.5 Å². The second kappa shape index (κ2) is 6.72. The van der Waals surface area contributed by atoms with Crippen molar-refractivity contribution in [3.8, 4) is 11.1 Å². The van der Waals surface area contributed by atoms with Crippen LogP contribution in [0.3, 0.4) is 0 Å². The van der Waals surface area contributed by atoms with Crippen molar-refractivity contribution in [3.05, 3.63) is 48.3 Å². The molecular weight excluding hydrogens is 333 g/mol. The lowest BCUT2D eigenvalue weighted by molar-refractivity contribution is -0.137. The first-order valence-corrected chi connectivity index (χ1v) is 7.81. The van der Waals surface area contributed by atoms with Gasteiger partial charge in [0.05, 0.1) is 24.4 Å². The molecule has 132 valence electrons. The summed E-state index contributed by atoms with van der Waals surface area (Å²) in [6.07, 6.45) is -0.533. The van der Waals surface area contributed by atoms with E-state index < -0.39 is 11.7 Å². The van der Waals surface area contributed by atoms with Gasteiger partial charge in [-0.1, -0.05) is 19.1 Å². The molecule has 0 amide bonds. The largest absolute Gasteiger partial charge is 0.416 e. The smallest absolute Gasteiger partial charge is 0.394 e. The van der Waals surface area contributed by atoms with Crippen LogP contribution in [0.4, 0.5) is 19.0 Å². The van der Waals surface area contributed by atoms with E-state index in [4.69, 9.17) is 0 Å². The zero-order chi connectivity index (χ0) is 18.0. The molecule has 2 heterocycles. The van der Waals surface area contributed by atoms with E-state index in [1.165, 1.54) is 16.8 Å². The maximum atomic E-state index is 12.9. The van der Waals surface area contributed by atoms with Crippen LogP contribution in [0.15, 0.2) is 42.7 Å². The number of aliphatic hydroxyl groups is 1. The standard InChI is InChI=1S/C17H17F3N4O/c1-2-13(10-25)22-15-6-7-24-16(23-15)14(9-21-24)11-4-3-5-12(8-11)17(18,19)20/h3-9,13,25H,2,10H2,1H3,(H,22,23). The quantitative estimate of drug-likeness (QED) is 0.738. The molecule has 2 aromatic heterocycles. The molecule has 0 aliphatic rings. The predicted octanol–water partition coefficient (Wildman–Crippen LogP) is 3.60. The van der Waals surface area contributed by atoms with Gasteiger partial charge in [0.25, 0.3) is 0 Å². The Labute approximate surface area is 142 Å². The number of hydrogen-bond donors (Lipinski definition) is 2. The SMILES string of the molecule is CCC(CO)Nc1ccn2ncc(-c3cccc(C(F)(F)F)c3)c2n1. The molecule has 0 bridgehead atoms. The van der Waals surface area contributed by atoms with Crippen LogP contribution in [-0.2, 0) is 6.18 Å². The highest BCUT2D eigenvalue weighted by molar-refractivity contribution is 5.78. The van der Waals surface area contributed by atoms with E-state index in [-0.39, 0.29) is 12.6 Å². The van der Waals surface area contributed by atoms with Crippen molar-refractivity contribution in [1.82, 2.24) is 14.6 Å². The summed E-state index contributed by atoms with van der Waals surface area (Å²) in [6.45, 7) is 1.89. The van der Waals surface area contributed by atoms with Crippen molar-refractivity contribution in [3.63, 3.8) is 0 Å². The number of benzene rings is 1. The molecule has 0 aliphatic heterocycles. The van der Waals surface area contributed by atoms with Crippen LogP contribution in [0, 0.1) is 0 Å². The summed E-state index contributed by atoms with van der Waals surface area (Å²) in [5.74, 6) is 0.530. The number of rotatable bonds is 5. The van der Waals surface area contributed by atoms with Crippen LogP contribution in [0.1, 0.15) is 18.9 Å². The van der Waals surface area contributed by atoms with Crippen LogP contribution in [0.2, 0.25) is 0 Å². The average molecular weight is 350 g/mol. The van der Waals surface area contributed by atoms with Crippen LogP contribution < -0.4 is 5.32 Å². The van der Waals surface area contributed by atoms with E-state index in [0.717, 1.165) is 12.1 Å². The first kappa shape index (κ1) is 17.2. The van der Waals surface area contributed by atoms with Gasteiger partial charge in [0, 0.05) is 11.8 Å². The molecule has 0 saturated heterocycles. The first-order valence-electron chi connectivity index (χ1n) is 7.81. The third kappa shape index (κ3) is 3.58. The maximum absolute atomic E-state index is 12.9. The molecule has 3 aromatic rings. The molecule has 0 aliphatic carbocycles. The normalized spacial score (nSPS) is 13.2. The van der Waals surface area contributed by atoms with Crippen molar-refractivity contribution in [2.75, 3.05) is 11.9 Å². The predicted molar refractivity (Wildman–Crippen MR) is 88.2 cm³/mol. The number of nitrogens with zero attached hydrogens (tertiary/aromatic N) is 3. The van der Waals surface area contributed by atoms with E-state index in [0.29, 0.717) is 29.0 Å². The minimum atomic E-state index is -4.41. The Kier molecular flexibility index (Phi) is 4.63. The van der Waals surface area contributed by atoms with Crippen LogP contribution in [0.25, 0.3) is 16.8 Å². The third-order valence-electron chi connectivity index (χ3n) is 3.94. The van der Waals surface area contributed by atoms with E-state index in [1.807, 2.05) is 6.92 Å². The summed E-state index contributed by atoms with van der Waals surface area (Å²) < 4.78 is 40.3. The number of nitrogens with one attached hydrogen (secondary N) is 1. The van der Waals surface area contributed by atoms with Gasteiger partial charge in [0.2, 0.25) is 0 Å². The molecule has 0 saturated carbocycles. The van der Waals surface area contributed by atoms with Gasteiger partial charge >= 0.3 is 6.18 Å². The van der Waals surface area contributed by atoms with Gasteiger partial charge in [0.15, 0.2) is 5.65 Å². The van der Waals surface area contributed by atoms with Gasteiger partial charge in [0.1, 0.15) is 5.82 Å². The van der Waals surface area contributed by atoms with Gasteiger partial charge in [-0.05, 0) is 30.2 Å². The molecule has 2 N–H and O–H groups in total. The summed E-state index contributed by atoms with van der Waals surface area (Å²) in [7, 11) is 0. The Bertz CT molecular complexity index is 872. The fourth-order valence-electron chi connectivity index (χ4n) is 2.50. The number of aliphatic hydroxyl groups excluding tert-OH is 1. The second-order valence-corrected chi connectivity index (χ2v) is 5.65. The highest BCUT2D eigenvalue weighted by atomic mass is 19.4. The molecule has 1 atom stereocenters. The van der Waals surface area contributed by atoms with Crippen molar-refractivity contribution in [2.24, 2.45) is 0 Å². The number of alkyl halides is 3. The van der Waals surface area contributed by atoms with E-state index in [2.05, 4.69) is 15.4 Å².